The molecule has 0 saturated heterocycles. The normalized spacial score (nSPS) is 13.5. The molecule has 0 bridgehead atoms. The first-order valence-corrected chi connectivity index (χ1v) is 12.4. The molecule has 0 saturated carbocycles. The topological polar surface area (TPSA) is 89.8 Å². The lowest BCUT2D eigenvalue weighted by atomic mass is 10.0. The van der Waals surface area contributed by atoms with Crippen molar-refractivity contribution in [2.75, 3.05) is 6.54 Å². The van der Waals surface area contributed by atoms with E-state index >= 15 is 0 Å². The predicted molar refractivity (Wildman–Crippen MR) is 121 cm³/mol. The van der Waals surface area contributed by atoms with Crippen LogP contribution in [0.15, 0.2) is 0 Å². The van der Waals surface area contributed by atoms with Gasteiger partial charge in [-0.3, -0.25) is 5.32 Å². The van der Waals surface area contributed by atoms with Gasteiger partial charge in [0.2, 0.25) is 0 Å². The van der Waals surface area contributed by atoms with Crippen LogP contribution in [0.1, 0.15) is 129 Å². The number of carboxylic acid groups (broad SMARTS) is 1. The van der Waals surface area contributed by atoms with Gasteiger partial charge in [0, 0.05) is 0 Å². The van der Waals surface area contributed by atoms with Crippen LogP contribution in [0.25, 0.3) is 0 Å². The van der Waals surface area contributed by atoms with Gasteiger partial charge in [-0.15, -0.1) is 0 Å². The minimum atomic E-state index is -1.26. The Kier molecular flexibility index (Phi) is 21.6. The third kappa shape index (κ3) is 21.9. The minimum absolute atomic E-state index is 0.270. The highest BCUT2D eigenvalue weighted by molar-refractivity contribution is 5.71. The number of aliphatic carboxylic acids is 1. The molecule has 0 heterocycles. The van der Waals surface area contributed by atoms with Crippen molar-refractivity contribution in [3.05, 3.63) is 0 Å². The summed E-state index contributed by atoms with van der Waals surface area (Å²) in [5.41, 5.74) is 0. The van der Waals surface area contributed by atoms with Crippen molar-refractivity contribution in [1.29, 1.82) is 0 Å². The highest BCUT2D eigenvalue weighted by atomic mass is 16.4. The lowest BCUT2D eigenvalue weighted by molar-refractivity contribution is -0.146. The fraction of sp³-hybridized carbons (Fsp3) is 0.958. The second-order valence-electron chi connectivity index (χ2n) is 8.56. The number of unbranched alkanes of at least 4 members (excludes halogenated alkanes) is 15. The summed E-state index contributed by atoms with van der Waals surface area (Å²) in [5.74, 6) is -1.16. The fourth-order valence-corrected chi connectivity index (χ4v) is 3.67. The van der Waals surface area contributed by atoms with Crippen molar-refractivity contribution in [3.63, 3.8) is 0 Å². The Balaban J connectivity index is 3.19. The summed E-state index contributed by atoms with van der Waals surface area (Å²) in [6.07, 6.45) is 20.9. The van der Waals surface area contributed by atoms with E-state index in [1.165, 1.54) is 89.9 Å². The number of nitrogens with one attached hydrogen (secondary N) is 1. The Morgan fingerprint density at radius 3 is 1.52 bits per heavy atom. The molecule has 0 rings (SSSR count). The Labute approximate surface area is 179 Å². The highest BCUT2D eigenvalue weighted by Gasteiger charge is 2.11. The van der Waals surface area contributed by atoms with E-state index in [4.69, 9.17) is 10.2 Å². The van der Waals surface area contributed by atoms with Crippen molar-refractivity contribution in [3.8, 4) is 0 Å². The van der Waals surface area contributed by atoms with E-state index in [-0.39, 0.29) is 6.42 Å². The van der Waals surface area contributed by atoms with Crippen molar-refractivity contribution < 1.29 is 20.1 Å². The number of rotatable bonds is 23. The Hall–Kier alpha value is -0.650. The summed E-state index contributed by atoms with van der Waals surface area (Å²) in [7, 11) is 0. The van der Waals surface area contributed by atoms with Gasteiger partial charge in [-0.1, -0.05) is 96.8 Å². The molecule has 29 heavy (non-hydrogen) atoms. The summed E-state index contributed by atoms with van der Waals surface area (Å²) in [4.78, 5) is 10.5. The highest BCUT2D eigenvalue weighted by Crippen LogP contribution is 2.14. The van der Waals surface area contributed by atoms with E-state index in [1.54, 1.807) is 0 Å². The van der Waals surface area contributed by atoms with Gasteiger partial charge in [-0.05, 0) is 38.6 Å². The number of carboxylic acids is 1. The maximum atomic E-state index is 10.5. The summed E-state index contributed by atoms with van der Waals surface area (Å²) in [6.45, 7) is 2.93. The molecule has 0 aromatic carbocycles. The molecule has 174 valence electrons. The fourth-order valence-electron chi connectivity index (χ4n) is 3.67. The van der Waals surface area contributed by atoms with Crippen molar-refractivity contribution in [2.24, 2.45) is 0 Å². The van der Waals surface area contributed by atoms with E-state index in [2.05, 4.69) is 12.2 Å². The summed E-state index contributed by atoms with van der Waals surface area (Å²) >= 11 is 0. The van der Waals surface area contributed by atoms with Crippen molar-refractivity contribution in [1.82, 2.24) is 5.32 Å². The average molecular weight is 416 g/mol. The van der Waals surface area contributed by atoms with Gasteiger partial charge in [-0.25, -0.2) is 4.79 Å². The van der Waals surface area contributed by atoms with Gasteiger partial charge in [0.15, 0.2) is 6.10 Å². The number of carbonyl (C=O) groups is 1. The van der Waals surface area contributed by atoms with Crippen LogP contribution < -0.4 is 5.32 Å². The van der Waals surface area contributed by atoms with E-state index < -0.39 is 18.3 Å². The van der Waals surface area contributed by atoms with Gasteiger partial charge in [0.25, 0.3) is 0 Å². The number of hydrogen-bond acceptors (Lipinski definition) is 4. The molecule has 0 amide bonds. The summed E-state index contributed by atoms with van der Waals surface area (Å²) < 4.78 is 0. The number of hydrogen-bond donors (Lipinski definition) is 4. The third-order valence-corrected chi connectivity index (χ3v) is 5.65. The van der Waals surface area contributed by atoms with Crippen LogP contribution in [0.5, 0.6) is 0 Å². The average Bonchev–Trinajstić information content (AvgIpc) is 2.70. The predicted octanol–water partition coefficient (Wildman–Crippen LogP) is 5.77. The van der Waals surface area contributed by atoms with Crippen LogP contribution in [0, 0.1) is 0 Å². The minimum Gasteiger partial charge on any atom is -0.479 e. The molecule has 0 aromatic rings. The largest absolute Gasteiger partial charge is 0.479 e. The Bertz CT molecular complexity index is 352. The van der Waals surface area contributed by atoms with E-state index in [1.807, 2.05) is 0 Å². The quantitative estimate of drug-likeness (QED) is 0.126. The van der Waals surface area contributed by atoms with Crippen LogP contribution in [0.3, 0.4) is 0 Å². The number of aliphatic hydroxyl groups excluding tert-OH is 2. The van der Waals surface area contributed by atoms with Gasteiger partial charge < -0.3 is 15.3 Å². The van der Waals surface area contributed by atoms with Crippen LogP contribution in [-0.4, -0.2) is 40.2 Å². The second-order valence-corrected chi connectivity index (χ2v) is 8.56. The molecule has 5 heteroatoms. The molecule has 2 unspecified atom stereocenters. The van der Waals surface area contributed by atoms with E-state index in [0.29, 0.717) is 13.0 Å². The molecule has 2 atom stereocenters. The molecule has 0 aliphatic heterocycles. The van der Waals surface area contributed by atoms with E-state index in [9.17, 15) is 9.90 Å². The Morgan fingerprint density at radius 1 is 0.655 bits per heavy atom. The molecular weight excluding hydrogens is 366 g/mol. The van der Waals surface area contributed by atoms with Gasteiger partial charge in [0.1, 0.15) is 6.23 Å². The van der Waals surface area contributed by atoms with Gasteiger partial charge in [0.05, 0.1) is 0 Å². The summed E-state index contributed by atoms with van der Waals surface area (Å²) in [6, 6.07) is 0. The molecule has 0 radical (unpaired) electrons. The second kappa shape index (κ2) is 22.0. The zero-order chi connectivity index (χ0) is 21.6. The van der Waals surface area contributed by atoms with Crippen LogP contribution in [0.2, 0.25) is 0 Å². The van der Waals surface area contributed by atoms with Crippen LogP contribution in [-0.2, 0) is 4.79 Å². The molecule has 0 fully saturated rings. The molecule has 4 N–H and O–H groups in total. The van der Waals surface area contributed by atoms with Gasteiger partial charge in [-0.2, -0.15) is 0 Å². The summed E-state index contributed by atoms with van der Waals surface area (Å²) in [5, 5.41) is 30.7. The van der Waals surface area contributed by atoms with Crippen LogP contribution >= 0.6 is 0 Å². The Morgan fingerprint density at radius 2 is 1.07 bits per heavy atom. The van der Waals surface area contributed by atoms with Crippen molar-refractivity contribution >= 4 is 5.97 Å². The smallest absolute Gasteiger partial charge is 0.332 e. The van der Waals surface area contributed by atoms with E-state index in [0.717, 1.165) is 19.3 Å². The molecule has 0 aliphatic carbocycles. The van der Waals surface area contributed by atoms with Gasteiger partial charge >= 0.3 is 5.97 Å². The lowest BCUT2D eigenvalue weighted by Crippen LogP contribution is -2.29. The SMILES string of the molecule is CCCCCCCCCCCCCCCCCC(O)NCCCCC(O)C(=O)O. The molecule has 0 spiro atoms. The molecule has 5 nitrogen and oxygen atoms in total. The molecule has 0 aromatic heterocycles. The maximum Gasteiger partial charge on any atom is 0.332 e. The van der Waals surface area contributed by atoms with Crippen LogP contribution in [0.4, 0.5) is 0 Å². The first-order chi connectivity index (χ1) is 14.1. The first-order valence-electron chi connectivity index (χ1n) is 12.4. The maximum absolute atomic E-state index is 10.5. The van der Waals surface area contributed by atoms with Crippen molar-refractivity contribution in [2.45, 2.75) is 141 Å². The zero-order valence-corrected chi connectivity index (χ0v) is 19.0. The monoisotopic (exact) mass is 415 g/mol. The molecule has 0 aliphatic rings. The lowest BCUT2D eigenvalue weighted by Gasteiger charge is -2.13. The first kappa shape index (κ1) is 28.4. The number of aliphatic hydroxyl groups is 2. The zero-order valence-electron chi connectivity index (χ0n) is 19.0. The standard InChI is InChI=1S/C24H49NO4/c1-2-3-4-5-6-7-8-9-10-11-12-13-14-15-16-20-23(27)25-21-18-17-19-22(26)24(28)29/h22-23,25-27H,2-21H2,1H3,(H,28,29). The third-order valence-electron chi connectivity index (χ3n) is 5.65. The molecular formula is C24H49NO4.